The average Bonchev–Trinajstić information content (AvgIpc) is 2.77. The van der Waals surface area contributed by atoms with Crippen molar-refractivity contribution in [3.05, 3.63) is 12.1 Å². The third-order valence-corrected chi connectivity index (χ3v) is 2.57. The third kappa shape index (κ3) is 3.90. The molecule has 0 radical (unpaired) electrons. The molecule has 6 nitrogen and oxygen atoms in total. The van der Waals surface area contributed by atoms with E-state index in [1.807, 2.05) is 0 Å². The average molecular weight is 289 g/mol. The summed E-state index contributed by atoms with van der Waals surface area (Å²) >= 11 is 0. The maximum atomic E-state index is 11.6. The highest BCUT2D eigenvalue weighted by atomic mass is 35.5. The summed E-state index contributed by atoms with van der Waals surface area (Å²) in [5, 5.41) is 2.74. The molecule has 1 heterocycles. The van der Waals surface area contributed by atoms with Gasteiger partial charge < -0.3 is 25.3 Å². The lowest BCUT2D eigenvalue weighted by Gasteiger charge is -2.09. The van der Waals surface area contributed by atoms with E-state index in [2.05, 4.69) is 5.32 Å². The van der Waals surface area contributed by atoms with Gasteiger partial charge in [-0.25, -0.2) is 0 Å². The maximum absolute atomic E-state index is 11.6. The van der Waals surface area contributed by atoms with Gasteiger partial charge >= 0.3 is 0 Å². The highest BCUT2D eigenvalue weighted by Gasteiger charge is 2.17. The molecule has 0 bridgehead atoms. The monoisotopic (exact) mass is 288 g/mol. The number of nitrogens with one attached hydrogen (secondary N) is 1. The molecule has 0 saturated heterocycles. The Labute approximate surface area is 117 Å². The third-order valence-electron chi connectivity index (χ3n) is 2.57. The summed E-state index contributed by atoms with van der Waals surface area (Å²) in [7, 11) is 1.60. The zero-order chi connectivity index (χ0) is 13.0. The van der Waals surface area contributed by atoms with Crippen LogP contribution in [-0.2, 0) is 9.53 Å². The predicted octanol–water partition coefficient (Wildman–Crippen LogP) is 1.78. The Morgan fingerprint density at radius 3 is 2.79 bits per heavy atom. The number of methoxy groups -OCH3 is 1. The molecule has 2 rings (SSSR count). The first-order chi connectivity index (χ1) is 8.70. The highest BCUT2D eigenvalue weighted by Crippen LogP contribution is 2.38. The number of benzene rings is 1. The van der Waals surface area contributed by atoms with Crippen LogP contribution in [0.3, 0.4) is 0 Å². The van der Waals surface area contributed by atoms with Gasteiger partial charge in [-0.2, -0.15) is 0 Å². The Bertz CT molecular complexity index is 454. The first-order valence-corrected chi connectivity index (χ1v) is 5.68. The highest BCUT2D eigenvalue weighted by molar-refractivity contribution is 5.94. The van der Waals surface area contributed by atoms with Gasteiger partial charge in [0, 0.05) is 32.3 Å². The van der Waals surface area contributed by atoms with Crippen LogP contribution in [0.5, 0.6) is 11.5 Å². The van der Waals surface area contributed by atoms with Crippen LogP contribution in [0.15, 0.2) is 12.1 Å². The molecule has 0 saturated carbocycles. The van der Waals surface area contributed by atoms with Crippen molar-refractivity contribution in [2.24, 2.45) is 0 Å². The number of amides is 1. The van der Waals surface area contributed by atoms with Gasteiger partial charge in [0.25, 0.3) is 0 Å². The van der Waals surface area contributed by atoms with Gasteiger partial charge in [-0.3, -0.25) is 4.79 Å². The van der Waals surface area contributed by atoms with E-state index in [1.165, 1.54) is 0 Å². The summed E-state index contributed by atoms with van der Waals surface area (Å²) < 4.78 is 15.3. The smallest absolute Gasteiger partial charge is 0.231 e. The van der Waals surface area contributed by atoms with Crippen molar-refractivity contribution in [3.63, 3.8) is 0 Å². The maximum Gasteiger partial charge on any atom is 0.231 e. The minimum Gasteiger partial charge on any atom is -0.454 e. The number of anilines is 2. The lowest BCUT2D eigenvalue weighted by molar-refractivity contribution is -0.116. The molecule has 1 aliphatic rings. The van der Waals surface area contributed by atoms with Crippen molar-refractivity contribution in [1.29, 1.82) is 0 Å². The Kier molecular flexibility index (Phi) is 5.72. The SMILES string of the molecule is COCCCC(=O)Nc1cc2c(cc1N)OCO2.Cl. The number of nitrogen functional groups attached to an aromatic ring is 1. The zero-order valence-electron chi connectivity index (χ0n) is 10.6. The molecule has 0 spiro atoms. The molecule has 7 heteroatoms. The van der Waals surface area contributed by atoms with Crippen molar-refractivity contribution >= 4 is 29.7 Å². The lowest BCUT2D eigenvalue weighted by atomic mass is 10.2. The van der Waals surface area contributed by atoms with Crippen molar-refractivity contribution in [2.75, 3.05) is 31.6 Å². The van der Waals surface area contributed by atoms with Crippen LogP contribution in [-0.4, -0.2) is 26.4 Å². The van der Waals surface area contributed by atoms with E-state index in [4.69, 9.17) is 19.9 Å². The van der Waals surface area contributed by atoms with Gasteiger partial charge in [0.05, 0.1) is 11.4 Å². The molecule has 1 amide bonds. The second kappa shape index (κ2) is 7.06. The zero-order valence-corrected chi connectivity index (χ0v) is 11.4. The fraction of sp³-hybridized carbons (Fsp3) is 0.417. The molecule has 0 aromatic heterocycles. The Balaban J connectivity index is 0.00000180. The minimum absolute atomic E-state index is 0. The number of hydrogen-bond acceptors (Lipinski definition) is 5. The molecule has 0 atom stereocenters. The Hall–Kier alpha value is -1.66. The van der Waals surface area contributed by atoms with Crippen LogP contribution in [0.1, 0.15) is 12.8 Å². The van der Waals surface area contributed by atoms with Crippen LogP contribution in [0, 0.1) is 0 Å². The van der Waals surface area contributed by atoms with Crippen LogP contribution >= 0.6 is 12.4 Å². The summed E-state index contributed by atoms with van der Waals surface area (Å²) in [6.07, 6.45) is 1.06. The van der Waals surface area contributed by atoms with Gasteiger partial charge in [0.1, 0.15) is 0 Å². The number of rotatable bonds is 5. The number of halogens is 1. The van der Waals surface area contributed by atoms with Gasteiger partial charge in [-0.15, -0.1) is 12.4 Å². The topological polar surface area (TPSA) is 82.8 Å². The van der Waals surface area contributed by atoms with Crippen LogP contribution in [0.4, 0.5) is 11.4 Å². The van der Waals surface area contributed by atoms with E-state index in [9.17, 15) is 4.79 Å². The van der Waals surface area contributed by atoms with E-state index in [0.29, 0.717) is 42.3 Å². The first kappa shape index (κ1) is 15.4. The molecule has 3 N–H and O–H groups in total. The van der Waals surface area contributed by atoms with Gasteiger partial charge in [-0.05, 0) is 6.42 Å². The van der Waals surface area contributed by atoms with E-state index >= 15 is 0 Å². The number of hydrogen-bond donors (Lipinski definition) is 2. The van der Waals surface area contributed by atoms with Gasteiger partial charge in [0.15, 0.2) is 11.5 Å². The molecular formula is C12H17ClN2O4. The lowest BCUT2D eigenvalue weighted by Crippen LogP contribution is -2.13. The van der Waals surface area contributed by atoms with Crippen LogP contribution in [0.2, 0.25) is 0 Å². The standard InChI is InChI=1S/C12H16N2O4.ClH/c1-16-4-2-3-12(15)14-9-6-11-10(5-8(9)13)17-7-18-11;/h5-6H,2-4,7,13H2,1H3,(H,14,15);1H. The molecular weight excluding hydrogens is 272 g/mol. The number of carbonyl (C=O) groups is 1. The fourth-order valence-electron chi connectivity index (χ4n) is 1.66. The second-order valence-corrected chi connectivity index (χ2v) is 3.94. The molecule has 0 aliphatic carbocycles. The number of carbonyl (C=O) groups excluding carboxylic acids is 1. The van der Waals surface area contributed by atoms with Crippen molar-refractivity contribution in [1.82, 2.24) is 0 Å². The molecule has 0 fully saturated rings. The summed E-state index contributed by atoms with van der Waals surface area (Å²) in [4.78, 5) is 11.6. The van der Waals surface area contributed by atoms with Crippen LogP contribution in [0.25, 0.3) is 0 Å². The molecule has 19 heavy (non-hydrogen) atoms. The number of nitrogens with two attached hydrogens (primary N) is 1. The Morgan fingerprint density at radius 2 is 2.11 bits per heavy atom. The number of ether oxygens (including phenoxy) is 3. The Morgan fingerprint density at radius 1 is 1.42 bits per heavy atom. The minimum atomic E-state index is -0.0994. The summed E-state index contributed by atoms with van der Waals surface area (Å²) in [6, 6.07) is 3.32. The summed E-state index contributed by atoms with van der Waals surface area (Å²) in [5.74, 6) is 1.10. The molecule has 1 aliphatic heterocycles. The van der Waals surface area contributed by atoms with E-state index in [1.54, 1.807) is 19.2 Å². The molecule has 1 aromatic carbocycles. The second-order valence-electron chi connectivity index (χ2n) is 3.94. The van der Waals surface area contributed by atoms with Gasteiger partial charge in [-0.1, -0.05) is 0 Å². The van der Waals surface area contributed by atoms with Gasteiger partial charge in [0.2, 0.25) is 12.7 Å². The van der Waals surface area contributed by atoms with Crippen molar-refractivity contribution < 1.29 is 19.0 Å². The number of fused-ring (bicyclic) bond motifs is 1. The quantitative estimate of drug-likeness (QED) is 0.637. The first-order valence-electron chi connectivity index (χ1n) is 5.68. The molecule has 106 valence electrons. The van der Waals surface area contributed by atoms with Crippen LogP contribution < -0.4 is 20.5 Å². The van der Waals surface area contributed by atoms with E-state index in [0.717, 1.165) is 0 Å². The fourth-order valence-corrected chi connectivity index (χ4v) is 1.66. The largest absolute Gasteiger partial charge is 0.454 e. The molecule has 0 unspecified atom stereocenters. The van der Waals surface area contributed by atoms with Crippen molar-refractivity contribution in [3.8, 4) is 11.5 Å². The summed E-state index contributed by atoms with van der Waals surface area (Å²) in [6.45, 7) is 0.740. The van der Waals surface area contributed by atoms with E-state index < -0.39 is 0 Å². The molecule has 1 aromatic rings. The predicted molar refractivity (Wildman–Crippen MR) is 74.0 cm³/mol. The normalized spacial score (nSPS) is 11.8. The van der Waals surface area contributed by atoms with Crippen molar-refractivity contribution in [2.45, 2.75) is 12.8 Å². The summed E-state index contributed by atoms with van der Waals surface area (Å²) in [5.41, 5.74) is 6.82. The van der Waals surface area contributed by atoms with E-state index in [-0.39, 0.29) is 25.1 Å².